The fraction of sp³-hybridized carbons (Fsp3) is 0.533. The largest absolute Gasteiger partial charge is 0.311 e. The third kappa shape index (κ3) is 6.42. The first-order chi connectivity index (χ1) is 9.15. The molecule has 0 saturated heterocycles. The van der Waals surface area contributed by atoms with Gasteiger partial charge in [-0.1, -0.05) is 55.5 Å². The maximum atomic E-state index is 7.96. The van der Waals surface area contributed by atoms with E-state index in [9.17, 15) is 0 Å². The molecule has 0 saturated carbocycles. The Bertz CT molecular complexity index is 385. The van der Waals surface area contributed by atoms with E-state index in [0.717, 1.165) is 12.1 Å². The van der Waals surface area contributed by atoms with Crippen molar-refractivity contribution in [3.8, 4) is 0 Å². The van der Waals surface area contributed by atoms with Gasteiger partial charge in [-0.05, 0) is 30.7 Å². The van der Waals surface area contributed by atoms with Crippen molar-refractivity contribution in [2.24, 2.45) is 0 Å². The van der Waals surface area contributed by atoms with Crippen LogP contribution in [0.4, 0.5) is 0 Å². The summed E-state index contributed by atoms with van der Waals surface area (Å²) in [7, 11) is 0. The van der Waals surface area contributed by atoms with Gasteiger partial charge >= 0.3 is 0 Å². The molecule has 0 atom stereocenters. The van der Waals surface area contributed by atoms with E-state index in [1.165, 1.54) is 25.7 Å². The highest BCUT2D eigenvalue weighted by molar-refractivity contribution is 6.36. The number of hydrogen-bond donors (Lipinski definition) is 2. The molecule has 0 aliphatic heterocycles. The minimum Gasteiger partial charge on any atom is -0.311 e. The van der Waals surface area contributed by atoms with Crippen LogP contribution in [0.3, 0.4) is 0 Å². The molecule has 0 aliphatic carbocycles. The molecular weight excluding hydrogens is 279 g/mol. The van der Waals surface area contributed by atoms with E-state index in [2.05, 4.69) is 12.2 Å². The van der Waals surface area contributed by atoms with Crippen molar-refractivity contribution in [3.05, 3.63) is 33.8 Å². The lowest BCUT2D eigenvalue weighted by Crippen LogP contribution is -2.24. The van der Waals surface area contributed by atoms with Gasteiger partial charge in [-0.3, -0.25) is 0 Å². The molecule has 0 fully saturated rings. The summed E-state index contributed by atoms with van der Waals surface area (Å²) in [6.07, 6.45) is 5.48. The molecule has 106 valence electrons. The van der Waals surface area contributed by atoms with E-state index in [1.54, 1.807) is 0 Å². The van der Waals surface area contributed by atoms with Gasteiger partial charge < -0.3 is 10.7 Å². The first kappa shape index (κ1) is 16.5. The number of nitrogens with one attached hydrogen (secondary N) is 2. The Balaban J connectivity index is 2.28. The van der Waals surface area contributed by atoms with Gasteiger partial charge in [-0.2, -0.15) is 0 Å². The molecule has 1 aromatic carbocycles. The van der Waals surface area contributed by atoms with E-state index in [0.29, 0.717) is 28.7 Å². The zero-order valence-electron chi connectivity index (χ0n) is 11.4. The summed E-state index contributed by atoms with van der Waals surface area (Å²) in [5.74, 6) is 0. The van der Waals surface area contributed by atoms with E-state index < -0.39 is 0 Å². The highest BCUT2D eigenvalue weighted by atomic mass is 35.5. The average Bonchev–Trinajstić information content (AvgIpc) is 2.38. The second-order valence-electron chi connectivity index (χ2n) is 4.72. The maximum Gasteiger partial charge on any atom is 0.0456 e. The third-order valence-electron chi connectivity index (χ3n) is 3.00. The zero-order chi connectivity index (χ0) is 14.1. The van der Waals surface area contributed by atoms with Crippen LogP contribution in [0, 0.1) is 5.41 Å². The van der Waals surface area contributed by atoms with Gasteiger partial charge in [-0.15, -0.1) is 0 Å². The van der Waals surface area contributed by atoms with Crippen LogP contribution in [0.25, 0.3) is 0 Å². The molecule has 0 radical (unpaired) electrons. The molecule has 2 nitrogen and oxygen atoms in total. The third-order valence-corrected chi connectivity index (χ3v) is 3.71. The van der Waals surface area contributed by atoms with Crippen LogP contribution in [-0.2, 0) is 6.42 Å². The molecule has 0 aromatic heterocycles. The SMILES string of the molecule is CCCCCCNCC(=N)Cc1c(Cl)cccc1Cl. The number of benzene rings is 1. The summed E-state index contributed by atoms with van der Waals surface area (Å²) in [5, 5.41) is 12.5. The van der Waals surface area contributed by atoms with Crippen LogP contribution in [-0.4, -0.2) is 18.8 Å². The van der Waals surface area contributed by atoms with E-state index in [1.807, 2.05) is 18.2 Å². The molecule has 4 heteroatoms. The first-order valence-corrected chi connectivity index (χ1v) is 7.60. The van der Waals surface area contributed by atoms with Crippen LogP contribution < -0.4 is 5.32 Å². The fourth-order valence-corrected chi connectivity index (χ4v) is 2.42. The summed E-state index contributed by atoms with van der Waals surface area (Å²) >= 11 is 12.2. The Morgan fingerprint density at radius 1 is 1.16 bits per heavy atom. The van der Waals surface area contributed by atoms with Crippen molar-refractivity contribution in [3.63, 3.8) is 0 Å². The van der Waals surface area contributed by atoms with Gasteiger partial charge in [0, 0.05) is 28.7 Å². The second kappa shape index (κ2) is 9.35. The van der Waals surface area contributed by atoms with Gasteiger partial charge in [0.05, 0.1) is 0 Å². The molecule has 0 aliphatic rings. The summed E-state index contributed by atoms with van der Waals surface area (Å²) < 4.78 is 0. The molecule has 1 rings (SSSR count). The minimum atomic E-state index is 0.514. The van der Waals surface area contributed by atoms with E-state index >= 15 is 0 Å². The van der Waals surface area contributed by atoms with Crippen LogP contribution in [0.2, 0.25) is 10.0 Å². The second-order valence-corrected chi connectivity index (χ2v) is 5.53. The van der Waals surface area contributed by atoms with Crippen LogP contribution >= 0.6 is 23.2 Å². The predicted octanol–water partition coefficient (Wildman–Crippen LogP) is 4.73. The molecule has 1 aromatic rings. The van der Waals surface area contributed by atoms with Gasteiger partial charge in [0.25, 0.3) is 0 Å². The highest BCUT2D eigenvalue weighted by Gasteiger charge is 2.07. The first-order valence-electron chi connectivity index (χ1n) is 6.85. The lowest BCUT2D eigenvalue weighted by Gasteiger charge is -2.09. The molecule has 19 heavy (non-hydrogen) atoms. The van der Waals surface area contributed by atoms with Crippen molar-refractivity contribution in [1.82, 2.24) is 5.32 Å². The zero-order valence-corrected chi connectivity index (χ0v) is 12.9. The van der Waals surface area contributed by atoms with Gasteiger partial charge in [0.15, 0.2) is 0 Å². The highest BCUT2D eigenvalue weighted by Crippen LogP contribution is 2.24. The van der Waals surface area contributed by atoms with Gasteiger partial charge in [-0.25, -0.2) is 0 Å². The quantitative estimate of drug-likeness (QED) is 0.502. The Morgan fingerprint density at radius 3 is 2.47 bits per heavy atom. The lowest BCUT2D eigenvalue weighted by atomic mass is 10.1. The Hall–Kier alpha value is -0.570. The Kier molecular flexibility index (Phi) is 8.11. The van der Waals surface area contributed by atoms with Crippen molar-refractivity contribution < 1.29 is 0 Å². The standard InChI is InChI=1S/C15H22Cl2N2/c1-2-3-4-5-9-19-11-12(18)10-13-14(16)7-6-8-15(13)17/h6-8,18-19H,2-5,9-11H2,1H3. The topological polar surface area (TPSA) is 35.9 Å². The summed E-state index contributed by atoms with van der Waals surface area (Å²) in [6, 6.07) is 5.45. The van der Waals surface area contributed by atoms with Crippen LogP contribution in [0.15, 0.2) is 18.2 Å². The minimum absolute atomic E-state index is 0.514. The summed E-state index contributed by atoms with van der Waals surface area (Å²) in [6.45, 7) is 3.78. The normalized spacial score (nSPS) is 10.7. The molecular formula is C15H22Cl2N2. The Morgan fingerprint density at radius 2 is 1.84 bits per heavy atom. The number of hydrogen-bond acceptors (Lipinski definition) is 2. The molecule has 0 amide bonds. The van der Waals surface area contributed by atoms with Crippen molar-refractivity contribution in [1.29, 1.82) is 5.41 Å². The number of unbranched alkanes of at least 4 members (excludes halogenated alkanes) is 3. The smallest absolute Gasteiger partial charge is 0.0456 e. The molecule has 0 spiro atoms. The van der Waals surface area contributed by atoms with E-state index in [4.69, 9.17) is 28.6 Å². The fourth-order valence-electron chi connectivity index (χ4n) is 1.89. The molecule has 0 heterocycles. The van der Waals surface area contributed by atoms with Gasteiger partial charge in [0.1, 0.15) is 0 Å². The number of halogens is 2. The summed E-state index contributed by atoms with van der Waals surface area (Å²) in [4.78, 5) is 0. The average molecular weight is 301 g/mol. The van der Waals surface area contributed by atoms with Crippen molar-refractivity contribution >= 4 is 28.9 Å². The molecule has 0 bridgehead atoms. The monoisotopic (exact) mass is 300 g/mol. The van der Waals surface area contributed by atoms with Crippen molar-refractivity contribution in [2.45, 2.75) is 39.0 Å². The number of rotatable bonds is 9. The van der Waals surface area contributed by atoms with Crippen molar-refractivity contribution in [2.75, 3.05) is 13.1 Å². The molecule has 2 N–H and O–H groups in total. The van der Waals surface area contributed by atoms with E-state index in [-0.39, 0.29) is 0 Å². The molecule has 0 unspecified atom stereocenters. The Labute approximate surface area is 126 Å². The lowest BCUT2D eigenvalue weighted by molar-refractivity contribution is 0.623. The maximum absolute atomic E-state index is 7.96. The van der Waals surface area contributed by atoms with Crippen LogP contribution in [0.5, 0.6) is 0 Å². The van der Waals surface area contributed by atoms with Crippen LogP contribution in [0.1, 0.15) is 38.2 Å². The van der Waals surface area contributed by atoms with Gasteiger partial charge in [0.2, 0.25) is 0 Å². The predicted molar refractivity (Wildman–Crippen MR) is 84.9 cm³/mol. The summed E-state index contributed by atoms with van der Waals surface area (Å²) in [5.41, 5.74) is 1.47.